The largest absolute Gasteiger partial charge is 0.467 e. The molecule has 7 nitrogen and oxygen atoms in total. The summed E-state index contributed by atoms with van der Waals surface area (Å²) >= 11 is 7.56. The molecule has 1 amide bonds. The van der Waals surface area contributed by atoms with Crippen LogP contribution in [0.3, 0.4) is 0 Å². The molecule has 1 saturated heterocycles. The number of aromatic nitrogens is 3. The number of rotatable bonds is 7. The zero-order valence-corrected chi connectivity index (χ0v) is 17.7. The lowest BCUT2D eigenvalue weighted by atomic mass is 10.2. The van der Waals surface area contributed by atoms with Gasteiger partial charge in [-0.15, -0.1) is 10.2 Å². The zero-order chi connectivity index (χ0) is 20.2. The third kappa shape index (κ3) is 4.76. The van der Waals surface area contributed by atoms with Crippen molar-refractivity contribution in [3.8, 4) is 0 Å². The Morgan fingerprint density at radius 3 is 2.83 bits per heavy atom. The van der Waals surface area contributed by atoms with E-state index >= 15 is 0 Å². The van der Waals surface area contributed by atoms with Crippen molar-refractivity contribution in [2.45, 2.75) is 31.5 Å². The van der Waals surface area contributed by atoms with Gasteiger partial charge in [-0.05, 0) is 49.6 Å². The molecule has 0 radical (unpaired) electrons. The number of hydrogen-bond donors (Lipinski definition) is 1. The van der Waals surface area contributed by atoms with Gasteiger partial charge < -0.3 is 14.6 Å². The molecule has 1 aliphatic heterocycles. The maximum atomic E-state index is 12.4. The van der Waals surface area contributed by atoms with E-state index in [1.165, 1.54) is 11.8 Å². The van der Waals surface area contributed by atoms with Crippen molar-refractivity contribution in [2.75, 3.05) is 29.1 Å². The topological polar surface area (TPSA) is 76.2 Å². The van der Waals surface area contributed by atoms with E-state index in [1.807, 2.05) is 41.8 Å². The standard InChI is InChI=1S/C20H22ClN5O2S/c1-14-6-7-17(16(21)11-14)22-18(27)13-29-20-24-23-19(25-8-2-3-9-25)26(20)12-15-5-4-10-28-15/h4-7,10-11H,2-3,8-9,12-13H2,1H3,(H,22,27). The Bertz CT molecular complexity index is 983. The molecule has 4 rings (SSSR count). The van der Waals surface area contributed by atoms with E-state index < -0.39 is 0 Å². The Kier molecular flexibility index (Phi) is 6.10. The second-order valence-corrected chi connectivity index (χ2v) is 8.31. The molecule has 0 spiro atoms. The van der Waals surface area contributed by atoms with Crippen LogP contribution in [0.5, 0.6) is 0 Å². The first-order valence-corrected chi connectivity index (χ1v) is 10.9. The lowest BCUT2D eigenvalue weighted by Crippen LogP contribution is -2.23. The summed E-state index contributed by atoms with van der Waals surface area (Å²) < 4.78 is 7.52. The summed E-state index contributed by atoms with van der Waals surface area (Å²) in [5.74, 6) is 1.71. The van der Waals surface area contributed by atoms with Gasteiger partial charge in [0, 0.05) is 13.1 Å². The van der Waals surface area contributed by atoms with E-state index in [0.29, 0.717) is 22.4 Å². The summed E-state index contributed by atoms with van der Waals surface area (Å²) in [6.07, 6.45) is 3.95. The average Bonchev–Trinajstić information content (AvgIpc) is 3.45. The van der Waals surface area contributed by atoms with Crippen LogP contribution in [-0.2, 0) is 11.3 Å². The molecule has 2 aromatic heterocycles. The fraction of sp³-hybridized carbons (Fsp3) is 0.350. The summed E-state index contributed by atoms with van der Waals surface area (Å²) in [7, 11) is 0. The number of aryl methyl sites for hydroxylation is 1. The Balaban J connectivity index is 1.46. The van der Waals surface area contributed by atoms with Crippen LogP contribution in [0.1, 0.15) is 24.2 Å². The number of nitrogens with one attached hydrogen (secondary N) is 1. The van der Waals surface area contributed by atoms with Gasteiger partial charge in [0.2, 0.25) is 11.9 Å². The Hall–Kier alpha value is -2.45. The SMILES string of the molecule is Cc1ccc(NC(=O)CSc2nnc(N3CCCC3)n2Cc2ccco2)c(Cl)c1. The maximum Gasteiger partial charge on any atom is 0.234 e. The van der Waals surface area contributed by atoms with Gasteiger partial charge in [-0.2, -0.15) is 0 Å². The minimum absolute atomic E-state index is 0.143. The number of benzene rings is 1. The number of hydrogen-bond acceptors (Lipinski definition) is 6. The fourth-order valence-electron chi connectivity index (χ4n) is 3.27. The molecule has 3 aromatic rings. The van der Waals surface area contributed by atoms with Crippen molar-refractivity contribution in [1.82, 2.24) is 14.8 Å². The van der Waals surface area contributed by atoms with Crippen LogP contribution in [0.15, 0.2) is 46.2 Å². The van der Waals surface area contributed by atoms with Crippen molar-refractivity contribution in [2.24, 2.45) is 0 Å². The quantitative estimate of drug-likeness (QED) is 0.564. The van der Waals surface area contributed by atoms with Crippen molar-refractivity contribution >= 4 is 40.9 Å². The van der Waals surface area contributed by atoms with Crippen LogP contribution in [0.2, 0.25) is 5.02 Å². The highest BCUT2D eigenvalue weighted by Gasteiger charge is 2.22. The van der Waals surface area contributed by atoms with Crippen LogP contribution in [0, 0.1) is 6.92 Å². The highest BCUT2D eigenvalue weighted by molar-refractivity contribution is 7.99. The number of furan rings is 1. The molecule has 0 aliphatic carbocycles. The van der Waals surface area contributed by atoms with Crippen molar-refractivity contribution in [3.05, 3.63) is 52.9 Å². The Morgan fingerprint density at radius 1 is 1.28 bits per heavy atom. The monoisotopic (exact) mass is 431 g/mol. The van der Waals surface area contributed by atoms with Crippen LogP contribution >= 0.6 is 23.4 Å². The van der Waals surface area contributed by atoms with Crippen molar-refractivity contribution < 1.29 is 9.21 Å². The van der Waals surface area contributed by atoms with E-state index in [0.717, 1.165) is 43.2 Å². The number of amides is 1. The number of anilines is 2. The summed E-state index contributed by atoms with van der Waals surface area (Å²) in [4.78, 5) is 14.7. The fourth-order valence-corrected chi connectivity index (χ4v) is 4.29. The number of halogens is 1. The molecule has 1 fully saturated rings. The van der Waals surface area contributed by atoms with Crippen molar-refractivity contribution in [3.63, 3.8) is 0 Å². The summed E-state index contributed by atoms with van der Waals surface area (Å²) in [5, 5.41) is 12.8. The second-order valence-electron chi connectivity index (χ2n) is 6.96. The first-order valence-electron chi connectivity index (χ1n) is 9.49. The van der Waals surface area contributed by atoms with Crippen molar-refractivity contribution in [1.29, 1.82) is 0 Å². The molecule has 1 aliphatic rings. The van der Waals surface area contributed by atoms with Crippen LogP contribution in [0.4, 0.5) is 11.6 Å². The molecule has 0 atom stereocenters. The van der Waals surface area contributed by atoms with Gasteiger partial charge in [-0.3, -0.25) is 9.36 Å². The van der Waals surface area contributed by atoms with Gasteiger partial charge in [-0.25, -0.2) is 0 Å². The third-order valence-electron chi connectivity index (χ3n) is 4.71. The van der Waals surface area contributed by atoms with Crippen LogP contribution in [-0.4, -0.2) is 39.5 Å². The lowest BCUT2D eigenvalue weighted by Gasteiger charge is -2.17. The smallest absolute Gasteiger partial charge is 0.234 e. The van der Waals surface area contributed by atoms with E-state index in [4.69, 9.17) is 16.0 Å². The van der Waals surface area contributed by atoms with E-state index in [-0.39, 0.29) is 11.7 Å². The summed E-state index contributed by atoms with van der Waals surface area (Å²) in [5.41, 5.74) is 1.65. The van der Waals surface area contributed by atoms with E-state index in [2.05, 4.69) is 20.4 Å². The Morgan fingerprint density at radius 2 is 2.10 bits per heavy atom. The molecule has 0 unspecified atom stereocenters. The molecule has 152 valence electrons. The van der Waals surface area contributed by atoms with E-state index in [1.54, 1.807) is 6.26 Å². The van der Waals surface area contributed by atoms with Crippen LogP contribution < -0.4 is 10.2 Å². The van der Waals surface area contributed by atoms with E-state index in [9.17, 15) is 4.79 Å². The number of thioether (sulfide) groups is 1. The number of carbonyl (C=O) groups is 1. The number of nitrogens with zero attached hydrogens (tertiary/aromatic N) is 4. The molecule has 9 heteroatoms. The highest BCUT2D eigenvalue weighted by Crippen LogP contribution is 2.27. The minimum Gasteiger partial charge on any atom is -0.467 e. The molecule has 1 aromatic carbocycles. The van der Waals surface area contributed by atoms with Gasteiger partial charge in [0.25, 0.3) is 0 Å². The molecular formula is C20H22ClN5O2S. The normalized spacial score (nSPS) is 13.8. The predicted octanol–water partition coefficient (Wildman–Crippen LogP) is 4.21. The molecule has 0 saturated carbocycles. The highest BCUT2D eigenvalue weighted by atomic mass is 35.5. The van der Waals surface area contributed by atoms with Crippen LogP contribution in [0.25, 0.3) is 0 Å². The first kappa shape index (κ1) is 19.8. The Labute approximate surface area is 178 Å². The van der Waals surface area contributed by atoms with Gasteiger partial charge in [0.1, 0.15) is 5.76 Å². The minimum atomic E-state index is -0.143. The number of carbonyl (C=O) groups excluding carboxylic acids is 1. The maximum absolute atomic E-state index is 12.4. The second kappa shape index (κ2) is 8.92. The summed E-state index contributed by atoms with van der Waals surface area (Å²) in [6.45, 7) is 4.41. The van der Waals surface area contributed by atoms with Gasteiger partial charge in [0.05, 0.1) is 29.3 Å². The lowest BCUT2D eigenvalue weighted by molar-refractivity contribution is -0.113. The predicted molar refractivity (Wildman–Crippen MR) is 115 cm³/mol. The molecule has 3 heterocycles. The van der Waals surface area contributed by atoms with Gasteiger partial charge in [0.15, 0.2) is 5.16 Å². The molecule has 29 heavy (non-hydrogen) atoms. The first-order chi connectivity index (χ1) is 14.1. The van der Waals surface area contributed by atoms with Gasteiger partial charge in [-0.1, -0.05) is 29.4 Å². The molecular weight excluding hydrogens is 410 g/mol. The third-order valence-corrected chi connectivity index (χ3v) is 5.99. The zero-order valence-electron chi connectivity index (χ0n) is 16.1. The molecule has 1 N–H and O–H groups in total. The van der Waals surface area contributed by atoms with Gasteiger partial charge >= 0.3 is 0 Å². The average molecular weight is 432 g/mol. The molecule has 0 bridgehead atoms. The summed E-state index contributed by atoms with van der Waals surface area (Å²) in [6, 6.07) is 9.34.